The zero-order chi connectivity index (χ0) is 19.7. The van der Waals surface area contributed by atoms with Crippen LogP contribution in [0, 0.1) is 5.92 Å². The second-order valence-corrected chi connectivity index (χ2v) is 7.13. The molecule has 2 aromatic carbocycles. The number of benzene rings is 2. The number of nitrogens with zero attached hydrogens (tertiary/aromatic N) is 3. The lowest BCUT2D eigenvalue weighted by Crippen LogP contribution is -2.29. The summed E-state index contributed by atoms with van der Waals surface area (Å²) >= 11 is 3.38. The highest BCUT2D eigenvalue weighted by Crippen LogP contribution is 2.24. The Bertz CT molecular complexity index is 1120. The largest absolute Gasteiger partial charge is 0.451 e. The quantitative estimate of drug-likeness (QED) is 0.493. The molecule has 0 saturated carbocycles. The monoisotopic (exact) mass is 438 g/mol. The van der Waals surface area contributed by atoms with E-state index in [1.54, 1.807) is 31.2 Å². The van der Waals surface area contributed by atoms with E-state index >= 15 is 0 Å². The second-order valence-electron chi connectivity index (χ2n) is 6.22. The lowest BCUT2D eigenvalue weighted by Gasteiger charge is -2.12. The number of amides is 2. The van der Waals surface area contributed by atoms with Gasteiger partial charge in [-0.15, -0.1) is 0 Å². The topological polar surface area (TPSA) is 87.3 Å². The summed E-state index contributed by atoms with van der Waals surface area (Å²) in [6, 6.07) is 16.2. The molecule has 7 nitrogen and oxygen atoms in total. The molecule has 1 aliphatic rings. The number of hydrogen-bond donors (Lipinski definition) is 1. The maximum Gasteiger partial charge on any atom is 0.307 e. The summed E-state index contributed by atoms with van der Waals surface area (Å²) in [4.78, 5) is 24.9. The van der Waals surface area contributed by atoms with E-state index in [9.17, 15) is 9.59 Å². The zero-order valence-electron chi connectivity index (χ0n) is 14.8. The van der Waals surface area contributed by atoms with E-state index in [1.165, 1.54) is 11.2 Å². The number of furan rings is 1. The number of hydrogen-bond acceptors (Lipinski definition) is 5. The standard InChI is InChI=1S/C20H15BrN4O3/c1-12-16(20(27)25(24-12)15-5-3-2-4-6-15)11-22-23-19(26)18-10-13-9-14(21)7-8-17(13)28-18/h2-11,16H,1H3,(H,23,26)/b22-11-/t16-/m0/s1. The van der Waals surface area contributed by atoms with Crippen molar-refractivity contribution >= 4 is 56.3 Å². The third-order valence-corrected chi connectivity index (χ3v) is 4.77. The third-order valence-electron chi connectivity index (χ3n) is 4.28. The van der Waals surface area contributed by atoms with Gasteiger partial charge in [0, 0.05) is 16.1 Å². The molecule has 2 heterocycles. The number of carbonyl (C=O) groups is 2. The molecule has 0 bridgehead atoms. The summed E-state index contributed by atoms with van der Waals surface area (Å²) in [5.74, 6) is -1.22. The molecular weight excluding hydrogens is 424 g/mol. The Kier molecular flexibility index (Phi) is 4.79. The van der Waals surface area contributed by atoms with Crippen LogP contribution in [0.5, 0.6) is 0 Å². The van der Waals surface area contributed by atoms with E-state index in [0.717, 1.165) is 9.86 Å². The highest BCUT2D eigenvalue weighted by molar-refractivity contribution is 9.10. The predicted octanol–water partition coefficient (Wildman–Crippen LogP) is 3.95. The van der Waals surface area contributed by atoms with Crippen LogP contribution in [0.2, 0.25) is 0 Å². The van der Waals surface area contributed by atoms with Gasteiger partial charge in [0.05, 0.1) is 11.4 Å². The van der Waals surface area contributed by atoms with Gasteiger partial charge in [-0.05, 0) is 43.3 Å². The van der Waals surface area contributed by atoms with Crippen molar-refractivity contribution in [2.75, 3.05) is 5.01 Å². The predicted molar refractivity (Wildman–Crippen MR) is 110 cm³/mol. The molecule has 0 radical (unpaired) electrons. The first-order chi connectivity index (χ1) is 13.5. The molecule has 3 aromatic rings. The summed E-state index contributed by atoms with van der Waals surface area (Å²) in [6.07, 6.45) is 1.38. The minimum absolute atomic E-state index is 0.138. The summed E-state index contributed by atoms with van der Waals surface area (Å²) in [5, 5.41) is 10.4. The van der Waals surface area contributed by atoms with E-state index in [0.29, 0.717) is 17.0 Å². The van der Waals surface area contributed by atoms with E-state index in [-0.39, 0.29) is 11.7 Å². The molecule has 1 aliphatic heterocycles. The van der Waals surface area contributed by atoms with Gasteiger partial charge in [-0.2, -0.15) is 15.2 Å². The first-order valence-corrected chi connectivity index (χ1v) is 9.29. The molecule has 140 valence electrons. The Morgan fingerprint density at radius 3 is 2.82 bits per heavy atom. The fourth-order valence-corrected chi connectivity index (χ4v) is 3.24. The maximum absolute atomic E-state index is 12.6. The minimum Gasteiger partial charge on any atom is -0.451 e. The Balaban J connectivity index is 1.45. The molecule has 2 amide bonds. The van der Waals surface area contributed by atoms with Crippen LogP contribution >= 0.6 is 15.9 Å². The van der Waals surface area contributed by atoms with Gasteiger partial charge < -0.3 is 4.42 Å². The van der Waals surface area contributed by atoms with Crippen molar-refractivity contribution in [1.29, 1.82) is 0 Å². The first-order valence-electron chi connectivity index (χ1n) is 8.49. The van der Waals surface area contributed by atoms with Crippen molar-refractivity contribution in [3.05, 3.63) is 64.8 Å². The van der Waals surface area contributed by atoms with Crippen molar-refractivity contribution in [2.24, 2.45) is 16.1 Å². The van der Waals surface area contributed by atoms with Gasteiger partial charge >= 0.3 is 5.91 Å². The van der Waals surface area contributed by atoms with Crippen LogP contribution in [0.4, 0.5) is 5.69 Å². The number of fused-ring (bicyclic) bond motifs is 1. The van der Waals surface area contributed by atoms with Crippen LogP contribution in [0.25, 0.3) is 11.0 Å². The van der Waals surface area contributed by atoms with Gasteiger partial charge in [-0.25, -0.2) is 5.43 Å². The second kappa shape index (κ2) is 7.40. The van der Waals surface area contributed by atoms with Crippen LogP contribution in [-0.2, 0) is 4.79 Å². The van der Waals surface area contributed by atoms with Gasteiger partial charge in [0.1, 0.15) is 11.5 Å². The van der Waals surface area contributed by atoms with Crippen LogP contribution in [0.15, 0.2) is 73.7 Å². The Labute approximate surface area is 168 Å². The number of hydrazone groups is 2. The molecular formula is C20H15BrN4O3. The molecule has 0 fully saturated rings. The van der Waals surface area contributed by atoms with Crippen LogP contribution < -0.4 is 10.4 Å². The molecule has 1 N–H and O–H groups in total. The molecule has 0 saturated heterocycles. The van der Waals surface area contributed by atoms with E-state index in [1.807, 2.05) is 30.3 Å². The Morgan fingerprint density at radius 1 is 1.25 bits per heavy atom. The number of halogens is 1. The van der Waals surface area contributed by atoms with Crippen molar-refractivity contribution < 1.29 is 14.0 Å². The molecule has 4 rings (SSSR count). The zero-order valence-corrected chi connectivity index (χ0v) is 16.4. The Hall–Kier alpha value is -3.26. The fraction of sp³-hybridized carbons (Fsp3) is 0.100. The fourth-order valence-electron chi connectivity index (χ4n) is 2.86. The number of nitrogens with one attached hydrogen (secondary N) is 1. The summed E-state index contributed by atoms with van der Waals surface area (Å²) in [5.41, 5.74) is 4.28. The summed E-state index contributed by atoms with van der Waals surface area (Å²) in [6.45, 7) is 1.75. The van der Waals surface area contributed by atoms with Crippen molar-refractivity contribution in [1.82, 2.24) is 5.43 Å². The van der Waals surface area contributed by atoms with E-state index < -0.39 is 11.8 Å². The number of rotatable bonds is 4. The third kappa shape index (κ3) is 3.46. The molecule has 8 heteroatoms. The van der Waals surface area contributed by atoms with Crippen molar-refractivity contribution in [3.63, 3.8) is 0 Å². The first kappa shape index (κ1) is 18.1. The molecule has 0 unspecified atom stereocenters. The van der Waals surface area contributed by atoms with Gasteiger partial charge in [-0.1, -0.05) is 34.1 Å². The molecule has 28 heavy (non-hydrogen) atoms. The van der Waals surface area contributed by atoms with E-state index in [4.69, 9.17) is 4.42 Å². The van der Waals surface area contributed by atoms with Crippen LogP contribution in [0.1, 0.15) is 17.5 Å². The van der Waals surface area contributed by atoms with Crippen LogP contribution in [0.3, 0.4) is 0 Å². The Morgan fingerprint density at radius 2 is 2.04 bits per heavy atom. The van der Waals surface area contributed by atoms with Gasteiger partial charge in [0.2, 0.25) is 0 Å². The molecule has 1 aromatic heterocycles. The molecule has 0 aliphatic carbocycles. The lowest BCUT2D eigenvalue weighted by molar-refractivity contribution is -0.118. The average Bonchev–Trinajstić information content (AvgIpc) is 3.24. The summed E-state index contributed by atoms with van der Waals surface area (Å²) in [7, 11) is 0. The van der Waals surface area contributed by atoms with Gasteiger partial charge in [0.15, 0.2) is 5.76 Å². The van der Waals surface area contributed by atoms with Crippen molar-refractivity contribution in [3.8, 4) is 0 Å². The summed E-state index contributed by atoms with van der Waals surface area (Å²) < 4.78 is 6.41. The average molecular weight is 439 g/mol. The van der Waals surface area contributed by atoms with Gasteiger partial charge in [-0.3, -0.25) is 9.59 Å². The van der Waals surface area contributed by atoms with Crippen molar-refractivity contribution in [2.45, 2.75) is 6.92 Å². The van der Waals surface area contributed by atoms with Gasteiger partial charge in [0.25, 0.3) is 5.91 Å². The maximum atomic E-state index is 12.6. The smallest absolute Gasteiger partial charge is 0.307 e. The molecule has 0 spiro atoms. The number of anilines is 1. The highest BCUT2D eigenvalue weighted by Gasteiger charge is 2.33. The normalized spacial score (nSPS) is 16.8. The minimum atomic E-state index is -0.632. The SMILES string of the molecule is CC1=NN(c2ccccc2)C(=O)[C@H]1/C=N\NC(=O)c1cc2cc(Br)ccc2o1. The van der Waals surface area contributed by atoms with E-state index in [2.05, 4.69) is 31.6 Å². The lowest BCUT2D eigenvalue weighted by atomic mass is 10.1. The molecule has 1 atom stereocenters. The highest BCUT2D eigenvalue weighted by atomic mass is 79.9. The number of carbonyl (C=O) groups excluding carboxylic acids is 2. The van der Waals surface area contributed by atoms with Crippen LogP contribution in [-0.4, -0.2) is 23.7 Å². The number of para-hydroxylation sites is 1.